The van der Waals surface area contributed by atoms with Gasteiger partial charge in [-0.05, 0) is 5.56 Å². The molecule has 0 aliphatic rings. The molecule has 0 aliphatic heterocycles. The van der Waals surface area contributed by atoms with Crippen LogP contribution in [0, 0.1) is 0 Å². The second kappa shape index (κ2) is 5.42. The molecule has 0 amide bonds. The molecule has 0 spiro atoms. The summed E-state index contributed by atoms with van der Waals surface area (Å²) < 4.78 is 1.59. The summed E-state index contributed by atoms with van der Waals surface area (Å²) in [6.07, 6.45) is 1.75. The van der Waals surface area contributed by atoms with E-state index in [-0.39, 0.29) is 5.15 Å². The third kappa shape index (κ3) is 2.66. The average Bonchev–Trinajstić information content (AvgIpc) is 2.62. The zero-order valence-corrected chi connectivity index (χ0v) is 11.5. The van der Waals surface area contributed by atoms with Gasteiger partial charge < -0.3 is 0 Å². The van der Waals surface area contributed by atoms with Crippen LogP contribution >= 0.6 is 23.2 Å². The van der Waals surface area contributed by atoms with E-state index in [0.717, 1.165) is 5.56 Å². The van der Waals surface area contributed by atoms with Gasteiger partial charge >= 0.3 is 0 Å². The van der Waals surface area contributed by atoms with E-state index in [1.54, 1.807) is 30.0 Å². The lowest BCUT2D eigenvalue weighted by Crippen LogP contribution is -2.13. The molecular formula is C12H12Cl2N4. The Morgan fingerprint density at radius 1 is 1.28 bits per heavy atom. The highest BCUT2D eigenvalue weighted by atomic mass is 35.5. The summed E-state index contributed by atoms with van der Waals surface area (Å²) in [5.74, 6) is 0.647. The Labute approximate surface area is 115 Å². The first kappa shape index (κ1) is 12.9. The minimum absolute atomic E-state index is 0.274. The minimum Gasteiger partial charge on any atom is -0.250 e. The van der Waals surface area contributed by atoms with E-state index >= 15 is 0 Å². The van der Waals surface area contributed by atoms with Crippen LogP contribution < -0.4 is 5.01 Å². The lowest BCUT2D eigenvalue weighted by atomic mass is 10.2. The van der Waals surface area contributed by atoms with Crippen molar-refractivity contribution in [2.75, 3.05) is 12.1 Å². The number of benzene rings is 1. The van der Waals surface area contributed by atoms with Crippen LogP contribution in [0.25, 0.3) is 0 Å². The van der Waals surface area contributed by atoms with Crippen molar-refractivity contribution in [3.8, 4) is 0 Å². The van der Waals surface area contributed by atoms with E-state index < -0.39 is 0 Å². The zero-order valence-electron chi connectivity index (χ0n) is 10.0. The third-order valence-corrected chi connectivity index (χ3v) is 3.12. The van der Waals surface area contributed by atoms with E-state index in [1.807, 2.05) is 30.3 Å². The number of hydrogen-bond acceptors (Lipinski definition) is 3. The van der Waals surface area contributed by atoms with Crippen LogP contribution in [0.2, 0.25) is 10.2 Å². The van der Waals surface area contributed by atoms with Crippen LogP contribution in [0.15, 0.2) is 35.4 Å². The van der Waals surface area contributed by atoms with Gasteiger partial charge in [0, 0.05) is 14.1 Å². The molecule has 2 rings (SSSR count). The Morgan fingerprint density at radius 2 is 1.94 bits per heavy atom. The van der Waals surface area contributed by atoms with Gasteiger partial charge in [-0.3, -0.25) is 0 Å². The van der Waals surface area contributed by atoms with E-state index in [9.17, 15) is 0 Å². The standard InChI is InChI=1S/C12H12Cl2N4/c1-17(12-10(13)11(14)16-18(12)2)15-8-9-6-4-3-5-7-9/h3-8H,1-2H3/b15-8-. The largest absolute Gasteiger partial charge is 0.250 e. The molecule has 1 aromatic carbocycles. The molecule has 94 valence electrons. The molecule has 0 aliphatic carbocycles. The van der Waals surface area contributed by atoms with Crippen LogP contribution in [0.3, 0.4) is 0 Å². The molecule has 0 saturated heterocycles. The van der Waals surface area contributed by atoms with Crippen LogP contribution in [-0.4, -0.2) is 23.0 Å². The molecule has 0 N–H and O–H groups in total. The summed E-state index contributed by atoms with van der Waals surface area (Å²) in [7, 11) is 3.56. The number of aryl methyl sites for hydroxylation is 1. The summed E-state index contributed by atoms with van der Waals surface area (Å²) in [5, 5.41) is 10.6. The van der Waals surface area contributed by atoms with Gasteiger partial charge in [-0.2, -0.15) is 10.2 Å². The molecule has 1 aromatic heterocycles. The van der Waals surface area contributed by atoms with Gasteiger partial charge in [0.2, 0.25) is 0 Å². The van der Waals surface area contributed by atoms with Gasteiger partial charge in [0.15, 0.2) is 11.0 Å². The van der Waals surface area contributed by atoms with Crippen molar-refractivity contribution in [3.05, 3.63) is 46.1 Å². The van der Waals surface area contributed by atoms with E-state index in [0.29, 0.717) is 10.8 Å². The fourth-order valence-corrected chi connectivity index (χ4v) is 2.04. The third-order valence-electron chi connectivity index (χ3n) is 2.41. The second-order valence-electron chi connectivity index (χ2n) is 3.73. The van der Waals surface area contributed by atoms with Gasteiger partial charge in [0.25, 0.3) is 0 Å². The SMILES string of the molecule is CN(/N=C\c1ccccc1)c1c(Cl)c(Cl)nn1C. The summed E-state index contributed by atoms with van der Waals surface area (Å²) in [4.78, 5) is 0. The summed E-state index contributed by atoms with van der Waals surface area (Å²) in [6, 6.07) is 9.80. The molecule has 0 fully saturated rings. The van der Waals surface area contributed by atoms with E-state index in [1.165, 1.54) is 0 Å². The number of hydrazone groups is 1. The minimum atomic E-state index is 0.274. The monoisotopic (exact) mass is 282 g/mol. The first-order valence-electron chi connectivity index (χ1n) is 5.30. The van der Waals surface area contributed by atoms with Gasteiger partial charge in [0.05, 0.1) is 6.21 Å². The number of aromatic nitrogens is 2. The first-order valence-corrected chi connectivity index (χ1v) is 6.06. The van der Waals surface area contributed by atoms with Crippen LogP contribution in [-0.2, 0) is 7.05 Å². The molecule has 0 atom stereocenters. The van der Waals surface area contributed by atoms with Crippen molar-refractivity contribution in [2.24, 2.45) is 12.1 Å². The molecule has 0 saturated carbocycles. The maximum atomic E-state index is 6.06. The van der Waals surface area contributed by atoms with Gasteiger partial charge in [0.1, 0.15) is 5.02 Å². The first-order chi connectivity index (χ1) is 8.59. The Kier molecular flexibility index (Phi) is 3.89. The Hall–Kier alpha value is -1.52. The van der Waals surface area contributed by atoms with Gasteiger partial charge in [-0.25, -0.2) is 9.69 Å². The van der Waals surface area contributed by atoms with Crippen molar-refractivity contribution in [3.63, 3.8) is 0 Å². The maximum Gasteiger partial charge on any atom is 0.171 e. The second-order valence-corrected chi connectivity index (χ2v) is 4.47. The summed E-state index contributed by atoms with van der Waals surface area (Å²) in [5.41, 5.74) is 1.01. The fourth-order valence-electron chi connectivity index (χ4n) is 1.56. The van der Waals surface area contributed by atoms with Crippen molar-refractivity contribution in [1.82, 2.24) is 9.78 Å². The smallest absolute Gasteiger partial charge is 0.171 e. The lowest BCUT2D eigenvalue weighted by molar-refractivity contribution is 0.745. The van der Waals surface area contributed by atoms with Crippen LogP contribution in [0.4, 0.5) is 5.82 Å². The number of halogens is 2. The van der Waals surface area contributed by atoms with E-state index in [4.69, 9.17) is 23.2 Å². The summed E-state index contributed by atoms with van der Waals surface area (Å²) in [6.45, 7) is 0. The lowest BCUT2D eigenvalue weighted by Gasteiger charge is -2.12. The van der Waals surface area contributed by atoms with Gasteiger partial charge in [-0.15, -0.1) is 0 Å². The predicted octanol–water partition coefficient (Wildman–Crippen LogP) is 3.20. The van der Waals surface area contributed by atoms with Crippen molar-refractivity contribution >= 4 is 35.2 Å². The van der Waals surface area contributed by atoms with E-state index in [2.05, 4.69) is 10.2 Å². The number of anilines is 1. The van der Waals surface area contributed by atoms with Crippen LogP contribution in [0.1, 0.15) is 5.56 Å². The van der Waals surface area contributed by atoms with Crippen LogP contribution in [0.5, 0.6) is 0 Å². The molecule has 2 aromatic rings. The van der Waals surface area contributed by atoms with Crippen molar-refractivity contribution < 1.29 is 0 Å². The highest BCUT2D eigenvalue weighted by Crippen LogP contribution is 2.31. The predicted molar refractivity (Wildman–Crippen MR) is 75.7 cm³/mol. The molecule has 0 radical (unpaired) electrons. The van der Waals surface area contributed by atoms with Crippen molar-refractivity contribution in [2.45, 2.75) is 0 Å². The topological polar surface area (TPSA) is 33.4 Å². The van der Waals surface area contributed by atoms with Crippen molar-refractivity contribution in [1.29, 1.82) is 0 Å². The number of rotatable bonds is 3. The fraction of sp³-hybridized carbons (Fsp3) is 0.167. The van der Waals surface area contributed by atoms with Gasteiger partial charge in [-0.1, -0.05) is 53.5 Å². The molecule has 0 unspecified atom stereocenters. The highest BCUT2D eigenvalue weighted by Gasteiger charge is 2.15. The Morgan fingerprint density at radius 3 is 2.50 bits per heavy atom. The maximum absolute atomic E-state index is 6.06. The quantitative estimate of drug-likeness (QED) is 0.640. The molecule has 6 heteroatoms. The molecule has 0 bridgehead atoms. The molecule has 1 heterocycles. The Balaban J connectivity index is 2.22. The number of nitrogens with zero attached hydrogens (tertiary/aromatic N) is 4. The number of hydrogen-bond donors (Lipinski definition) is 0. The normalized spacial score (nSPS) is 11.1. The molecule has 18 heavy (non-hydrogen) atoms. The highest BCUT2D eigenvalue weighted by molar-refractivity contribution is 6.42. The molecular weight excluding hydrogens is 271 g/mol. The summed E-state index contributed by atoms with van der Waals surface area (Å²) >= 11 is 11.9. The average molecular weight is 283 g/mol. The molecule has 4 nitrogen and oxygen atoms in total. The zero-order chi connectivity index (χ0) is 13.1. The Bertz CT molecular complexity index is 563.